The molecule has 0 aromatic carbocycles. The first kappa shape index (κ1) is 14.4. The topological polar surface area (TPSA) is 35.0 Å². The van der Waals surface area contributed by atoms with Crippen LogP contribution in [0.15, 0.2) is 10.7 Å². The SMILES string of the molecule is CC(C)CCCOc1cc(Br)nc(C(C)C)n1. The molecular weight excluding hydrogens is 280 g/mol. The Labute approximate surface area is 112 Å². The third-order valence-electron chi connectivity index (χ3n) is 2.38. The fraction of sp³-hybridized carbons (Fsp3) is 0.692. The van der Waals surface area contributed by atoms with Gasteiger partial charge < -0.3 is 4.74 Å². The maximum atomic E-state index is 5.65. The van der Waals surface area contributed by atoms with Crippen LogP contribution >= 0.6 is 15.9 Å². The Morgan fingerprint density at radius 2 is 1.94 bits per heavy atom. The van der Waals surface area contributed by atoms with Crippen molar-refractivity contribution in [3.8, 4) is 5.88 Å². The number of rotatable bonds is 6. The molecule has 1 aromatic heterocycles. The van der Waals surface area contributed by atoms with Gasteiger partial charge in [-0.3, -0.25) is 0 Å². The standard InChI is InChI=1S/C13H21BrN2O/c1-9(2)6-5-7-17-12-8-11(14)15-13(16-12)10(3)4/h8-10H,5-7H2,1-4H3. The molecule has 0 saturated heterocycles. The number of ether oxygens (including phenoxy) is 1. The monoisotopic (exact) mass is 300 g/mol. The first-order valence-corrected chi connectivity index (χ1v) is 6.95. The highest BCUT2D eigenvalue weighted by molar-refractivity contribution is 9.10. The maximum Gasteiger partial charge on any atom is 0.217 e. The van der Waals surface area contributed by atoms with Crippen LogP contribution in [0.2, 0.25) is 0 Å². The molecule has 17 heavy (non-hydrogen) atoms. The zero-order valence-electron chi connectivity index (χ0n) is 11.0. The Morgan fingerprint density at radius 1 is 1.24 bits per heavy atom. The van der Waals surface area contributed by atoms with E-state index in [4.69, 9.17) is 4.74 Å². The molecule has 0 aliphatic rings. The maximum absolute atomic E-state index is 5.65. The minimum absolute atomic E-state index is 0.311. The lowest BCUT2D eigenvalue weighted by Gasteiger charge is -2.09. The second-order valence-electron chi connectivity index (χ2n) is 4.93. The van der Waals surface area contributed by atoms with Crippen molar-refractivity contribution < 1.29 is 4.74 Å². The van der Waals surface area contributed by atoms with Crippen LogP contribution < -0.4 is 4.74 Å². The zero-order chi connectivity index (χ0) is 12.8. The zero-order valence-corrected chi connectivity index (χ0v) is 12.6. The van der Waals surface area contributed by atoms with E-state index in [1.54, 1.807) is 0 Å². The van der Waals surface area contributed by atoms with Gasteiger partial charge in [-0.2, -0.15) is 4.98 Å². The quantitative estimate of drug-likeness (QED) is 0.584. The van der Waals surface area contributed by atoms with E-state index in [1.807, 2.05) is 6.07 Å². The van der Waals surface area contributed by atoms with E-state index in [-0.39, 0.29) is 0 Å². The molecule has 0 radical (unpaired) electrons. The second kappa shape index (κ2) is 6.94. The van der Waals surface area contributed by atoms with E-state index in [0.29, 0.717) is 11.8 Å². The van der Waals surface area contributed by atoms with Crippen LogP contribution in [-0.2, 0) is 0 Å². The number of hydrogen-bond acceptors (Lipinski definition) is 3. The molecule has 1 aromatic rings. The summed E-state index contributed by atoms with van der Waals surface area (Å²) in [4.78, 5) is 8.70. The van der Waals surface area contributed by atoms with Crippen molar-refractivity contribution in [2.24, 2.45) is 5.92 Å². The van der Waals surface area contributed by atoms with Gasteiger partial charge in [0.1, 0.15) is 10.4 Å². The Bertz CT molecular complexity index is 353. The highest BCUT2D eigenvalue weighted by Crippen LogP contribution is 2.19. The number of halogens is 1. The molecule has 0 fully saturated rings. The van der Waals surface area contributed by atoms with Crippen molar-refractivity contribution in [3.63, 3.8) is 0 Å². The van der Waals surface area contributed by atoms with Gasteiger partial charge in [-0.15, -0.1) is 0 Å². The van der Waals surface area contributed by atoms with Gasteiger partial charge in [0, 0.05) is 12.0 Å². The van der Waals surface area contributed by atoms with Gasteiger partial charge in [-0.05, 0) is 34.7 Å². The first-order valence-electron chi connectivity index (χ1n) is 6.16. The van der Waals surface area contributed by atoms with Crippen molar-refractivity contribution in [2.45, 2.75) is 46.5 Å². The summed E-state index contributed by atoms with van der Waals surface area (Å²) in [5, 5.41) is 0. The van der Waals surface area contributed by atoms with E-state index in [2.05, 4.69) is 53.6 Å². The summed E-state index contributed by atoms with van der Waals surface area (Å²) in [5.41, 5.74) is 0. The highest BCUT2D eigenvalue weighted by atomic mass is 79.9. The van der Waals surface area contributed by atoms with Crippen LogP contribution in [0, 0.1) is 5.92 Å². The molecule has 0 bridgehead atoms. The van der Waals surface area contributed by atoms with Crippen molar-refractivity contribution in [2.75, 3.05) is 6.61 Å². The number of nitrogens with zero attached hydrogens (tertiary/aromatic N) is 2. The molecule has 3 nitrogen and oxygen atoms in total. The lowest BCUT2D eigenvalue weighted by molar-refractivity contribution is 0.285. The summed E-state index contributed by atoms with van der Waals surface area (Å²) >= 11 is 3.38. The molecule has 0 aliphatic heterocycles. The largest absolute Gasteiger partial charge is 0.478 e. The van der Waals surface area contributed by atoms with Crippen molar-refractivity contribution in [1.82, 2.24) is 9.97 Å². The first-order chi connectivity index (χ1) is 7.99. The molecular formula is C13H21BrN2O. The van der Waals surface area contributed by atoms with Crippen LogP contribution in [0.5, 0.6) is 5.88 Å². The van der Waals surface area contributed by atoms with E-state index < -0.39 is 0 Å². The van der Waals surface area contributed by atoms with Gasteiger partial charge in [-0.25, -0.2) is 4.98 Å². The van der Waals surface area contributed by atoms with Crippen LogP contribution in [0.1, 0.15) is 52.3 Å². The summed E-state index contributed by atoms with van der Waals surface area (Å²) in [6.07, 6.45) is 2.25. The minimum Gasteiger partial charge on any atom is -0.478 e. The average molecular weight is 301 g/mol. The summed E-state index contributed by atoms with van der Waals surface area (Å²) in [6.45, 7) is 9.31. The van der Waals surface area contributed by atoms with Gasteiger partial charge in [0.25, 0.3) is 0 Å². The summed E-state index contributed by atoms with van der Waals surface area (Å²) < 4.78 is 6.43. The van der Waals surface area contributed by atoms with Crippen molar-refractivity contribution in [1.29, 1.82) is 0 Å². The smallest absolute Gasteiger partial charge is 0.217 e. The number of aromatic nitrogens is 2. The Kier molecular flexibility index (Phi) is 5.89. The summed E-state index contributed by atoms with van der Waals surface area (Å²) in [5.74, 6) is 2.52. The molecule has 0 amide bonds. The molecule has 0 aliphatic carbocycles. The highest BCUT2D eigenvalue weighted by Gasteiger charge is 2.07. The molecule has 0 spiro atoms. The predicted molar refractivity (Wildman–Crippen MR) is 73.4 cm³/mol. The fourth-order valence-corrected chi connectivity index (χ4v) is 1.79. The molecule has 4 heteroatoms. The Hall–Kier alpha value is -0.640. The van der Waals surface area contributed by atoms with Crippen LogP contribution in [0.4, 0.5) is 0 Å². The van der Waals surface area contributed by atoms with Gasteiger partial charge >= 0.3 is 0 Å². The molecule has 1 rings (SSSR count). The van der Waals surface area contributed by atoms with Crippen LogP contribution in [-0.4, -0.2) is 16.6 Å². The predicted octanol–water partition coefficient (Wildman–Crippen LogP) is 4.18. The van der Waals surface area contributed by atoms with E-state index in [1.165, 1.54) is 6.42 Å². The molecule has 96 valence electrons. The van der Waals surface area contributed by atoms with Gasteiger partial charge in [-0.1, -0.05) is 27.7 Å². The van der Waals surface area contributed by atoms with E-state index in [0.717, 1.165) is 29.4 Å². The van der Waals surface area contributed by atoms with Gasteiger partial charge in [0.2, 0.25) is 5.88 Å². The normalized spacial score (nSPS) is 11.2. The van der Waals surface area contributed by atoms with Crippen molar-refractivity contribution >= 4 is 15.9 Å². The molecule has 0 saturated carbocycles. The van der Waals surface area contributed by atoms with E-state index in [9.17, 15) is 0 Å². The molecule has 0 atom stereocenters. The lowest BCUT2D eigenvalue weighted by atomic mass is 10.1. The minimum atomic E-state index is 0.311. The molecule has 1 heterocycles. The van der Waals surface area contributed by atoms with Crippen LogP contribution in [0.25, 0.3) is 0 Å². The van der Waals surface area contributed by atoms with Crippen LogP contribution in [0.3, 0.4) is 0 Å². The number of hydrogen-bond donors (Lipinski definition) is 0. The Morgan fingerprint density at radius 3 is 2.53 bits per heavy atom. The summed E-state index contributed by atoms with van der Waals surface area (Å²) in [6, 6.07) is 1.82. The third kappa shape index (κ3) is 5.48. The van der Waals surface area contributed by atoms with Crippen molar-refractivity contribution in [3.05, 3.63) is 16.5 Å². The van der Waals surface area contributed by atoms with Gasteiger partial charge in [0.05, 0.1) is 6.61 Å². The second-order valence-corrected chi connectivity index (χ2v) is 5.74. The van der Waals surface area contributed by atoms with E-state index >= 15 is 0 Å². The fourth-order valence-electron chi connectivity index (χ4n) is 1.41. The summed E-state index contributed by atoms with van der Waals surface area (Å²) in [7, 11) is 0. The lowest BCUT2D eigenvalue weighted by Crippen LogP contribution is -2.04. The molecule has 0 unspecified atom stereocenters. The molecule has 0 N–H and O–H groups in total. The third-order valence-corrected chi connectivity index (χ3v) is 2.79. The Balaban J connectivity index is 2.53. The van der Waals surface area contributed by atoms with Gasteiger partial charge in [0.15, 0.2) is 0 Å². The average Bonchev–Trinajstić information content (AvgIpc) is 2.23.